The van der Waals surface area contributed by atoms with Crippen LogP contribution in [0, 0.1) is 12.7 Å². The van der Waals surface area contributed by atoms with Crippen LogP contribution in [0.5, 0.6) is 0 Å². The first-order valence-corrected chi connectivity index (χ1v) is 9.85. The Bertz CT molecular complexity index is 1120. The fraction of sp³-hybridized carbons (Fsp3) is 0.217. The highest BCUT2D eigenvalue weighted by molar-refractivity contribution is 6.29. The Morgan fingerprint density at radius 1 is 1.00 bits per heavy atom. The summed E-state index contributed by atoms with van der Waals surface area (Å²) >= 11 is 6.38. The number of hydrogen-bond donors (Lipinski definition) is 0. The summed E-state index contributed by atoms with van der Waals surface area (Å²) in [4.78, 5) is 4.60. The van der Waals surface area contributed by atoms with Crippen molar-refractivity contribution in [3.05, 3.63) is 76.8 Å². The molecule has 4 rings (SSSR count). The van der Waals surface area contributed by atoms with Crippen LogP contribution in [-0.4, -0.2) is 14.6 Å². The van der Waals surface area contributed by atoms with Crippen LogP contribution in [0.25, 0.3) is 28.0 Å². The number of aromatic nitrogens is 3. The van der Waals surface area contributed by atoms with Crippen molar-refractivity contribution in [3.63, 3.8) is 0 Å². The van der Waals surface area contributed by atoms with Gasteiger partial charge in [-0.3, -0.25) is 0 Å². The van der Waals surface area contributed by atoms with Gasteiger partial charge in [0.2, 0.25) is 0 Å². The zero-order valence-electron chi connectivity index (χ0n) is 15.9. The van der Waals surface area contributed by atoms with Crippen LogP contribution in [0.1, 0.15) is 31.0 Å². The highest BCUT2D eigenvalue weighted by Crippen LogP contribution is 2.33. The molecule has 0 radical (unpaired) electrons. The molecule has 2 aromatic heterocycles. The topological polar surface area (TPSA) is 30.2 Å². The first kappa shape index (κ1) is 18.6. The normalized spacial score (nSPS) is 11.3. The summed E-state index contributed by atoms with van der Waals surface area (Å²) < 4.78 is 15.2. The summed E-state index contributed by atoms with van der Waals surface area (Å²) in [6, 6.07) is 16.5. The Balaban J connectivity index is 1.98. The summed E-state index contributed by atoms with van der Waals surface area (Å²) in [6.45, 7) is 4.24. The largest absolute Gasteiger partial charge is 0.216 e. The summed E-state index contributed by atoms with van der Waals surface area (Å²) in [5.41, 5.74) is 6.66. The predicted molar refractivity (Wildman–Crippen MR) is 112 cm³/mol. The first-order valence-electron chi connectivity index (χ1n) is 9.48. The summed E-state index contributed by atoms with van der Waals surface area (Å²) in [5, 5.41) is 5.28. The third-order valence-electron chi connectivity index (χ3n) is 4.88. The fourth-order valence-electron chi connectivity index (χ4n) is 3.39. The third kappa shape index (κ3) is 3.52. The summed E-state index contributed by atoms with van der Waals surface area (Å²) in [7, 11) is 0. The third-order valence-corrected chi connectivity index (χ3v) is 5.07. The van der Waals surface area contributed by atoms with E-state index in [9.17, 15) is 4.39 Å². The van der Waals surface area contributed by atoms with Crippen molar-refractivity contribution >= 4 is 17.2 Å². The second-order valence-corrected chi connectivity index (χ2v) is 7.38. The van der Waals surface area contributed by atoms with Crippen LogP contribution in [0.3, 0.4) is 0 Å². The van der Waals surface area contributed by atoms with Gasteiger partial charge in [-0.25, -0.2) is 13.9 Å². The van der Waals surface area contributed by atoms with Gasteiger partial charge in [-0.1, -0.05) is 54.8 Å². The second kappa shape index (κ2) is 7.72. The minimum absolute atomic E-state index is 0.274. The highest BCUT2D eigenvalue weighted by Gasteiger charge is 2.19. The van der Waals surface area contributed by atoms with E-state index in [0.717, 1.165) is 53.0 Å². The number of unbranched alkanes of at least 4 members (excludes halogenated alkanes) is 1. The van der Waals surface area contributed by atoms with Crippen LogP contribution in [0.4, 0.5) is 4.39 Å². The standard InChI is InChI=1S/C23H21ClFN3/c1-3-4-5-19-22(17-8-6-15(2)7-9-17)23-26-21(24)14-20(28(23)27-19)16-10-12-18(25)13-11-16/h6-14H,3-5H2,1-2H3. The van der Waals surface area contributed by atoms with E-state index in [2.05, 4.69) is 43.1 Å². The van der Waals surface area contributed by atoms with E-state index in [1.54, 1.807) is 18.2 Å². The van der Waals surface area contributed by atoms with Crippen LogP contribution in [0.2, 0.25) is 5.15 Å². The molecule has 0 amide bonds. The fourth-order valence-corrected chi connectivity index (χ4v) is 3.58. The van der Waals surface area contributed by atoms with Gasteiger partial charge in [-0.05, 0) is 49.6 Å². The molecule has 0 fully saturated rings. The predicted octanol–water partition coefficient (Wildman–Crippen LogP) is 6.51. The monoisotopic (exact) mass is 393 g/mol. The second-order valence-electron chi connectivity index (χ2n) is 7.00. The molecule has 0 aliphatic carbocycles. The molecular formula is C23H21ClFN3. The molecular weight excluding hydrogens is 373 g/mol. The summed E-state index contributed by atoms with van der Waals surface area (Å²) in [6.07, 6.45) is 2.99. The Morgan fingerprint density at radius 2 is 1.68 bits per heavy atom. The number of hydrogen-bond acceptors (Lipinski definition) is 2. The molecule has 0 bridgehead atoms. The van der Waals surface area contributed by atoms with Crippen LogP contribution >= 0.6 is 11.6 Å². The van der Waals surface area contributed by atoms with Crippen molar-refractivity contribution < 1.29 is 4.39 Å². The van der Waals surface area contributed by atoms with Gasteiger partial charge in [-0.2, -0.15) is 5.10 Å². The lowest BCUT2D eigenvalue weighted by atomic mass is 10.0. The molecule has 0 unspecified atom stereocenters. The molecule has 0 atom stereocenters. The Morgan fingerprint density at radius 3 is 2.36 bits per heavy atom. The molecule has 4 aromatic rings. The molecule has 2 heterocycles. The zero-order chi connectivity index (χ0) is 19.7. The molecule has 5 heteroatoms. The number of fused-ring (bicyclic) bond motifs is 1. The van der Waals surface area contributed by atoms with Gasteiger partial charge in [0.1, 0.15) is 11.0 Å². The number of nitrogens with zero attached hydrogens (tertiary/aromatic N) is 3. The Labute approximate surface area is 168 Å². The Hall–Kier alpha value is -2.72. The number of rotatable bonds is 5. The maximum atomic E-state index is 13.4. The van der Waals surface area contributed by atoms with Gasteiger partial charge >= 0.3 is 0 Å². The van der Waals surface area contributed by atoms with Gasteiger partial charge in [0.25, 0.3) is 0 Å². The molecule has 3 nitrogen and oxygen atoms in total. The molecule has 0 aliphatic heterocycles. The molecule has 142 valence electrons. The lowest BCUT2D eigenvalue weighted by Gasteiger charge is -2.07. The average molecular weight is 394 g/mol. The van der Waals surface area contributed by atoms with E-state index in [-0.39, 0.29) is 5.82 Å². The molecule has 0 saturated carbocycles. The van der Waals surface area contributed by atoms with Crippen molar-refractivity contribution in [1.82, 2.24) is 14.6 Å². The SMILES string of the molecule is CCCCc1nn2c(-c3ccc(F)cc3)cc(Cl)nc2c1-c1ccc(C)cc1. The zero-order valence-corrected chi connectivity index (χ0v) is 16.7. The molecule has 28 heavy (non-hydrogen) atoms. The van der Waals surface area contributed by atoms with E-state index in [1.807, 2.05) is 4.52 Å². The van der Waals surface area contributed by atoms with Gasteiger partial charge < -0.3 is 0 Å². The minimum Gasteiger partial charge on any atom is -0.216 e. The van der Waals surface area contributed by atoms with E-state index < -0.39 is 0 Å². The lowest BCUT2D eigenvalue weighted by Crippen LogP contribution is -1.97. The highest BCUT2D eigenvalue weighted by atomic mass is 35.5. The number of aryl methyl sites for hydroxylation is 2. The van der Waals surface area contributed by atoms with Crippen molar-refractivity contribution in [2.24, 2.45) is 0 Å². The van der Waals surface area contributed by atoms with E-state index in [4.69, 9.17) is 16.7 Å². The van der Waals surface area contributed by atoms with Gasteiger partial charge in [0, 0.05) is 17.2 Å². The Kier molecular flexibility index (Phi) is 5.14. The van der Waals surface area contributed by atoms with Gasteiger partial charge in [-0.15, -0.1) is 0 Å². The first-order chi connectivity index (χ1) is 13.6. The molecule has 0 N–H and O–H groups in total. The smallest absolute Gasteiger partial charge is 0.165 e. The molecule has 2 aromatic carbocycles. The average Bonchev–Trinajstić information content (AvgIpc) is 3.05. The molecule has 0 spiro atoms. The minimum atomic E-state index is -0.274. The van der Waals surface area contributed by atoms with Crippen molar-refractivity contribution in [1.29, 1.82) is 0 Å². The van der Waals surface area contributed by atoms with E-state index in [0.29, 0.717) is 5.15 Å². The van der Waals surface area contributed by atoms with Crippen molar-refractivity contribution in [2.75, 3.05) is 0 Å². The number of halogens is 2. The summed E-state index contributed by atoms with van der Waals surface area (Å²) in [5.74, 6) is -0.274. The van der Waals surface area contributed by atoms with Crippen LogP contribution in [-0.2, 0) is 6.42 Å². The molecule has 0 aliphatic rings. The number of benzene rings is 2. The molecule has 0 saturated heterocycles. The van der Waals surface area contributed by atoms with Crippen LogP contribution in [0.15, 0.2) is 54.6 Å². The quantitative estimate of drug-likeness (QED) is 0.362. The van der Waals surface area contributed by atoms with Crippen LogP contribution < -0.4 is 0 Å². The van der Waals surface area contributed by atoms with E-state index in [1.165, 1.54) is 17.7 Å². The maximum absolute atomic E-state index is 13.4. The van der Waals surface area contributed by atoms with Gasteiger partial charge in [0.15, 0.2) is 5.65 Å². The lowest BCUT2D eigenvalue weighted by molar-refractivity contribution is 0.628. The van der Waals surface area contributed by atoms with Crippen molar-refractivity contribution in [3.8, 4) is 22.4 Å². The maximum Gasteiger partial charge on any atom is 0.165 e. The van der Waals surface area contributed by atoms with E-state index >= 15 is 0 Å². The van der Waals surface area contributed by atoms with Crippen molar-refractivity contribution in [2.45, 2.75) is 33.1 Å². The van der Waals surface area contributed by atoms with Gasteiger partial charge in [0.05, 0.1) is 11.4 Å².